The maximum Gasteiger partial charge on any atom is 0.254 e. The predicted molar refractivity (Wildman–Crippen MR) is 75.6 cm³/mol. The highest BCUT2D eigenvalue weighted by atomic mass is 32.2. The van der Waals surface area contributed by atoms with Crippen molar-refractivity contribution in [2.75, 3.05) is 26.0 Å². The third-order valence-electron chi connectivity index (χ3n) is 3.40. The van der Waals surface area contributed by atoms with E-state index in [-0.39, 0.29) is 16.9 Å². The molecule has 0 N–H and O–H groups in total. The molecular formula is C14H19NO4S. The molecule has 1 atom stereocenters. The van der Waals surface area contributed by atoms with Crippen LogP contribution < -0.4 is 0 Å². The molecule has 1 amide bonds. The van der Waals surface area contributed by atoms with Gasteiger partial charge in [-0.25, -0.2) is 8.42 Å². The third-order valence-corrected chi connectivity index (χ3v) is 4.51. The monoisotopic (exact) mass is 297 g/mol. The molecule has 1 fully saturated rings. The molecule has 1 aliphatic rings. The van der Waals surface area contributed by atoms with Crippen LogP contribution in [0.3, 0.4) is 0 Å². The highest BCUT2D eigenvalue weighted by Crippen LogP contribution is 2.18. The number of morpholine rings is 1. The van der Waals surface area contributed by atoms with Gasteiger partial charge in [0.1, 0.15) is 0 Å². The highest BCUT2D eigenvalue weighted by Gasteiger charge is 2.24. The number of nitrogens with zero attached hydrogens (tertiary/aromatic N) is 1. The van der Waals surface area contributed by atoms with E-state index in [1.165, 1.54) is 12.1 Å². The number of aryl methyl sites for hydroxylation is 1. The van der Waals surface area contributed by atoms with Gasteiger partial charge in [0.2, 0.25) is 0 Å². The van der Waals surface area contributed by atoms with Gasteiger partial charge in [0.05, 0.1) is 17.6 Å². The first-order chi connectivity index (χ1) is 9.29. The molecular weight excluding hydrogens is 278 g/mol. The molecule has 20 heavy (non-hydrogen) atoms. The Hall–Kier alpha value is -1.40. The Morgan fingerprint density at radius 1 is 1.40 bits per heavy atom. The van der Waals surface area contributed by atoms with Gasteiger partial charge in [-0.2, -0.15) is 0 Å². The van der Waals surface area contributed by atoms with Crippen molar-refractivity contribution in [2.45, 2.75) is 24.8 Å². The fraction of sp³-hybridized carbons (Fsp3) is 0.500. The number of ether oxygens (including phenoxy) is 1. The van der Waals surface area contributed by atoms with Crippen molar-refractivity contribution in [1.82, 2.24) is 4.90 Å². The number of rotatable bonds is 2. The Bertz CT molecular complexity index is 624. The van der Waals surface area contributed by atoms with E-state index in [2.05, 4.69) is 0 Å². The van der Waals surface area contributed by atoms with E-state index in [0.29, 0.717) is 25.3 Å². The summed E-state index contributed by atoms with van der Waals surface area (Å²) in [6.45, 7) is 5.30. The Morgan fingerprint density at radius 3 is 2.70 bits per heavy atom. The van der Waals surface area contributed by atoms with E-state index in [1.54, 1.807) is 11.0 Å². The molecule has 0 bridgehead atoms. The summed E-state index contributed by atoms with van der Waals surface area (Å²) in [5.74, 6) is -0.136. The van der Waals surface area contributed by atoms with Crippen LogP contribution in [0.4, 0.5) is 0 Å². The molecule has 0 radical (unpaired) electrons. The van der Waals surface area contributed by atoms with E-state index in [4.69, 9.17) is 4.74 Å². The number of hydrogen-bond acceptors (Lipinski definition) is 4. The number of carbonyl (C=O) groups is 1. The zero-order valence-electron chi connectivity index (χ0n) is 11.9. The normalized spacial score (nSPS) is 19.9. The first-order valence-electron chi connectivity index (χ1n) is 6.50. The summed E-state index contributed by atoms with van der Waals surface area (Å²) in [7, 11) is -3.31. The highest BCUT2D eigenvalue weighted by molar-refractivity contribution is 7.90. The van der Waals surface area contributed by atoms with E-state index in [0.717, 1.165) is 11.8 Å². The van der Waals surface area contributed by atoms with Gasteiger partial charge in [0.25, 0.3) is 5.91 Å². The van der Waals surface area contributed by atoms with Crippen LogP contribution in [0.15, 0.2) is 23.1 Å². The fourth-order valence-corrected chi connectivity index (χ4v) is 2.88. The van der Waals surface area contributed by atoms with E-state index in [1.807, 2.05) is 13.8 Å². The summed E-state index contributed by atoms with van der Waals surface area (Å²) in [5, 5.41) is 0. The summed E-state index contributed by atoms with van der Waals surface area (Å²) in [6, 6.07) is 4.67. The number of sulfone groups is 1. The number of benzene rings is 1. The Balaban J connectivity index is 2.34. The molecule has 0 aliphatic carbocycles. The maximum atomic E-state index is 12.5. The lowest BCUT2D eigenvalue weighted by Gasteiger charge is -2.31. The average Bonchev–Trinajstić information content (AvgIpc) is 2.37. The molecule has 1 unspecified atom stereocenters. The average molecular weight is 297 g/mol. The molecule has 0 saturated carbocycles. The van der Waals surface area contributed by atoms with Crippen LogP contribution in [0.5, 0.6) is 0 Å². The second-order valence-electron chi connectivity index (χ2n) is 5.18. The fourth-order valence-electron chi connectivity index (χ4n) is 2.24. The van der Waals surface area contributed by atoms with E-state index in [9.17, 15) is 13.2 Å². The lowest BCUT2D eigenvalue weighted by atomic mass is 10.1. The topological polar surface area (TPSA) is 63.7 Å². The molecule has 6 heteroatoms. The summed E-state index contributed by atoms with van der Waals surface area (Å²) in [4.78, 5) is 14.4. The molecule has 5 nitrogen and oxygen atoms in total. The molecule has 1 aromatic rings. The lowest BCUT2D eigenvalue weighted by molar-refractivity contribution is -0.0124. The van der Waals surface area contributed by atoms with Gasteiger partial charge in [0, 0.05) is 24.9 Å². The number of carbonyl (C=O) groups excluding carboxylic acids is 1. The molecule has 1 aliphatic heterocycles. The van der Waals surface area contributed by atoms with Crippen molar-refractivity contribution in [2.24, 2.45) is 0 Å². The summed E-state index contributed by atoms with van der Waals surface area (Å²) < 4.78 is 28.6. The Kier molecular flexibility index (Phi) is 4.15. The maximum absolute atomic E-state index is 12.5. The SMILES string of the molecule is Cc1ccc(S(C)(=O)=O)cc1C(=O)N1CCOC(C)C1. The second-order valence-corrected chi connectivity index (χ2v) is 7.20. The summed E-state index contributed by atoms with van der Waals surface area (Å²) >= 11 is 0. The van der Waals surface area contributed by atoms with Crippen molar-refractivity contribution in [3.8, 4) is 0 Å². The molecule has 0 spiro atoms. The van der Waals surface area contributed by atoms with E-state index < -0.39 is 9.84 Å². The summed E-state index contributed by atoms with van der Waals surface area (Å²) in [5.41, 5.74) is 1.23. The van der Waals surface area contributed by atoms with Crippen molar-refractivity contribution in [3.05, 3.63) is 29.3 Å². The number of hydrogen-bond donors (Lipinski definition) is 0. The standard InChI is InChI=1S/C14H19NO4S/c1-10-4-5-12(20(3,17)18)8-13(10)14(16)15-6-7-19-11(2)9-15/h4-5,8,11H,6-7,9H2,1-3H3. The smallest absolute Gasteiger partial charge is 0.254 e. The molecule has 1 heterocycles. The van der Waals surface area contributed by atoms with Gasteiger partial charge in [-0.3, -0.25) is 4.79 Å². The van der Waals surface area contributed by atoms with Gasteiger partial charge in [-0.05, 0) is 31.5 Å². The minimum atomic E-state index is -3.31. The van der Waals surface area contributed by atoms with Crippen molar-refractivity contribution < 1.29 is 17.9 Å². The van der Waals surface area contributed by atoms with Gasteiger partial charge < -0.3 is 9.64 Å². The van der Waals surface area contributed by atoms with Crippen LogP contribution in [0.25, 0.3) is 0 Å². The van der Waals surface area contributed by atoms with E-state index >= 15 is 0 Å². The van der Waals surface area contributed by atoms with Gasteiger partial charge in [-0.1, -0.05) is 6.07 Å². The van der Waals surface area contributed by atoms with Crippen LogP contribution in [0.1, 0.15) is 22.8 Å². The van der Waals surface area contributed by atoms with Crippen LogP contribution in [-0.4, -0.2) is 51.3 Å². The van der Waals surface area contributed by atoms with Crippen LogP contribution in [0.2, 0.25) is 0 Å². The van der Waals surface area contributed by atoms with Crippen molar-refractivity contribution in [3.63, 3.8) is 0 Å². The molecule has 0 aromatic heterocycles. The molecule has 110 valence electrons. The molecule has 1 saturated heterocycles. The zero-order valence-corrected chi connectivity index (χ0v) is 12.7. The van der Waals surface area contributed by atoms with Crippen LogP contribution in [0, 0.1) is 6.92 Å². The second kappa shape index (κ2) is 5.54. The van der Waals surface area contributed by atoms with Crippen molar-refractivity contribution in [1.29, 1.82) is 0 Å². The molecule has 1 aromatic carbocycles. The van der Waals surface area contributed by atoms with Crippen LogP contribution >= 0.6 is 0 Å². The minimum Gasteiger partial charge on any atom is -0.375 e. The quantitative estimate of drug-likeness (QED) is 0.824. The zero-order chi connectivity index (χ0) is 14.9. The first kappa shape index (κ1) is 15.0. The van der Waals surface area contributed by atoms with Gasteiger partial charge >= 0.3 is 0 Å². The van der Waals surface area contributed by atoms with Gasteiger partial charge in [-0.15, -0.1) is 0 Å². The van der Waals surface area contributed by atoms with Gasteiger partial charge in [0.15, 0.2) is 9.84 Å². The number of amides is 1. The Labute approximate surface area is 119 Å². The lowest BCUT2D eigenvalue weighted by Crippen LogP contribution is -2.44. The predicted octanol–water partition coefficient (Wildman–Crippen LogP) is 1.26. The third kappa shape index (κ3) is 3.19. The van der Waals surface area contributed by atoms with Crippen molar-refractivity contribution >= 4 is 15.7 Å². The Morgan fingerprint density at radius 2 is 2.10 bits per heavy atom. The minimum absolute atomic E-state index is 0.00564. The molecule has 2 rings (SSSR count). The largest absolute Gasteiger partial charge is 0.375 e. The first-order valence-corrected chi connectivity index (χ1v) is 8.40. The van der Waals surface area contributed by atoms with Crippen LogP contribution in [-0.2, 0) is 14.6 Å². The summed E-state index contributed by atoms with van der Waals surface area (Å²) in [6.07, 6.45) is 1.15.